The van der Waals surface area contributed by atoms with Gasteiger partial charge in [0, 0.05) is 39.1 Å². The van der Waals surface area contributed by atoms with Gasteiger partial charge in [0.05, 0.1) is 16.9 Å². The molecule has 0 radical (unpaired) electrons. The Balaban J connectivity index is 1.39. The van der Waals surface area contributed by atoms with Gasteiger partial charge in [0.2, 0.25) is 0 Å². The lowest BCUT2D eigenvalue weighted by Gasteiger charge is -2.22. The average molecular weight is 544 g/mol. The van der Waals surface area contributed by atoms with Crippen molar-refractivity contribution in [3.05, 3.63) is 96.1 Å². The van der Waals surface area contributed by atoms with Crippen LogP contribution in [0.1, 0.15) is 5.56 Å². The third-order valence-electron chi connectivity index (χ3n) is 6.58. The summed E-state index contributed by atoms with van der Waals surface area (Å²) in [6, 6.07) is 18.6. The van der Waals surface area contributed by atoms with E-state index >= 15 is 0 Å². The van der Waals surface area contributed by atoms with E-state index in [1.54, 1.807) is 41.8 Å². The van der Waals surface area contributed by atoms with Crippen molar-refractivity contribution < 1.29 is 18.0 Å². The highest BCUT2D eigenvalue weighted by molar-refractivity contribution is 7.18. The van der Waals surface area contributed by atoms with Gasteiger partial charge in [-0.15, -0.1) is 11.3 Å². The Hall–Kier alpha value is -4.83. The number of nitrogens with two attached hydrogens (primary N) is 2. The predicted molar refractivity (Wildman–Crippen MR) is 150 cm³/mol. The van der Waals surface area contributed by atoms with Crippen molar-refractivity contribution in [1.29, 1.82) is 0 Å². The summed E-state index contributed by atoms with van der Waals surface area (Å²) < 4.78 is 40.7. The first-order chi connectivity index (χ1) is 18.7. The first kappa shape index (κ1) is 24.5. The molecule has 5 N–H and O–H groups in total. The number of benzene rings is 3. The molecule has 0 fully saturated rings. The Bertz CT molecular complexity index is 1860. The van der Waals surface area contributed by atoms with Crippen molar-refractivity contribution in [2.75, 3.05) is 10.6 Å². The molecule has 0 unspecified atom stereocenters. The second-order valence-electron chi connectivity index (χ2n) is 8.96. The summed E-state index contributed by atoms with van der Waals surface area (Å²) in [5, 5.41) is 3.91. The molecule has 3 aromatic carbocycles. The monoisotopic (exact) mass is 543 g/mol. The van der Waals surface area contributed by atoms with Crippen LogP contribution in [0.2, 0.25) is 0 Å². The Labute approximate surface area is 224 Å². The van der Waals surface area contributed by atoms with Crippen LogP contribution in [0.5, 0.6) is 0 Å². The summed E-state index contributed by atoms with van der Waals surface area (Å²) >= 11 is 1.55. The third kappa shape index (κ3) is 4.34. The number of aromatic nitrogens is 2. The molecule has 6 aromatic rings. The SMILES string of the molecule is NC(=O)N(c1ccc(-c2csc3c(-c4ccc5cc[nH]c5c4)cnc(N)c23)cc1)c1cccc(C(F)(F)F)c1. The highest BCUT2D eigenvalue weighted by atomic mass is 32.1. The van der Waals surface area contributed by atoms with Crippen LogP contribution in [0.3, 0.4) is 0 Å². The number of urea groups is 1. The normalized spacial score (nSPS) is 11.8. The van der Waals surface area contributed by atoms with Crippen LogP contribution >= 0.6 is 11.3 Å². The van der Waals surface area contributed by atoms with E-state index < -0.39 is 17.8 Å². The number of H-pyrrole nitrogens is 1. The van der Waals surface area contributed by atoms with Gasteiger partial charge in [-0.05, 0) is 64.4 Å². The Morgan fingerprint density at radius 3 is 2.44 bits per heavy atom. The molecule has 0 aliphatic rings. The number of hydrogen-bond donors (Lipinski definition) is 3. The summed E-state index contributed by atoms with van der Waals surface area (Å²) in [6.07, 6.45) is -0.890. The number of rotatable bonds is 4. The minimum Gasteiger partial charge on any atom is -0.383 e. The Kier molecular flexibility index (Phi) is 5.76. The van der Waals surface area contributed by atoms with Gasteiger partial charge in [-0.1, -0.05) is 30.3 Å². The van der Waals surface area contributed by atoms with Crippen LogP contribution in [0, 0.1) is 0 Å². The fourth-order valence-electron chi connectivity index (χ4n) is 4.72. The summed E-state index contributed by atoms with van der Waals surface area (Å²) in [5.41, 5.74) is 16.0. The zero-order valence-corrected chi connectivity index (χ0v) is 21.0. The maximum Gasteiger partial charge on any atom is 0.416 e. The van der Waals surface area contributed by atoms with E-state index in [1.165, 1.54) is 12.1 Å². The molecule has 6 rings (SSSR count). The van der Waals surface area contributed by atoms with E-state index in [0.717, 1.165) is 60.3 Å². The summed E-state index contributed by atoms with van der Waals surface area (Å²) in [4.78, 5) is 21.0. The molecule has 0 spiro atoms. The van der Waals surface area contributed by atoms with Crippen molar-refractivity contribution in [1.82, 2.24) is 9.97 Å². The molecule has 10 heteroatoms. The number of hydrogen-bond acceptors (Lipinski definition) is 4. The van der Waals surface area contributed by atoms with Crippen LogP contribution in [-0.2, 0) is 6.18 Å². The number of nitrogens with zero attached hydrogens (tertiary/aromatic N) is 2. The second kappa shape index (κ2) is 9.17. The van der Waals surface area contributed by atoms with Crippen molar-refractivity contribution in [2.45, 2.75) is 6.18 Å². The number of primary amides is 1. The van der Waals surface area contributed by atoms with Crippen LogP contribution in [0.15, 0.2) is 90.6 Å². The van der Waals surface area contributed by atoms with Gasteiger partial charge in [0.25, 0.3) is 0 Å². The molecule has 0 atom stereocenters. The lowest BCUT2D eigenvalue weighted by atomic mass is 10.0. The molecule has 0 aliphatic heterocycles. The van der Waals surface area contributed by atoms with Crippen LogP contribution in [0.25, 0.3) is 43.2 Å². The molecule has 3 heterocycles. The molecule has 2 amide bonds. The van der Waals surface area contributed by atoms with E-state index in [9.17, 15) is 18.0 Å². The van der Waals surface area contributed by atoms with E-state index in [4.69, 9.17) is 11.5 Å². The molecular formula is C29H20F3N5OS. The van der Waals surface area contributed by atoms with Gasteiger partial charge < -0.3 is 16.5 Å². The van der Waals surface area contributed by atoms with Crippen molar-refractivity contribution in [2.24, 2.45) is 5.73 Å². The van der Waals surface area contributed by atoms with Crippen molar-refractivity contribution >= 4 is 55.5 Å². The van der Waals surface area contributed by atoms with E-state index in [-0.39, 0.29) is 5.69 Å². The smallest absolute Gasteiger partial charge is 0.383 e. The number of pyridine rings is 1. The summed E-state index contributed by atoms with van der Waals surface area (Å²) in [5.74, 6) is 0.387. The number of carbonyl (C=O) groups excluding carboxylic acids is 1. The number of thiophene rings is 1. The maximum atomic E-state index is 13.2. The van der Waals surface area contributed by atoms with Crippen LogP contribution < -0.4 is 16.4 Å². The van der Waals surface area contributed by atoms with Crippen LogP contribution in [0.4, 0.5) is 35.2 Å². The quantitative estimate of drug-likeness (QED) is 0.210. The molecule has 0 saturated carbocycles. The molecule has 3 aromatic heterocycles. The summed E-state index contributed by atoms with van der Waals surface area (Å²) in [7, 11) is 0. The number of alkyl halides is 3. The Morgan fingerprint density at radius 1 is 0.923 bits per heavy atom. The van der Waals surface area contributed by atoms with Gasteiger partial charge in [0.1, 0.15) is 5.82 Å². The number of nitrogens with one attached hydrogen (secondary N) is 1. The van der Waals surface area contributed by atoms with Crippen molar-refractivity contribution in [3.8, 4) is 22.3 Å². The fraction of sp³-hybridized carbons (Fsp3) is 0.0345. The van der Waals surface area contributed by atoms with E-state index in [2.05, 4.69) is 16.0 Å². The molecule has 0 saturated heterocycles. The topological polar surface area (TPSA) is 101 Å². The highest BCUT2D eigenvalue weighted by Gasteiger charge is 2.31. The third-order valence-corrected chi connectivity index (χ3v) is 7.59. The van der Waals surface area contributed by atoms with Gasteiger partial charge in [-0.25, -0.2) is 9.78 Å². The number of nitrogen functional groups attached to an aromatic ring is 1. The van der Waals surface area contributed by atoms with Crippen LogP contribution in [-0.4, -0.2) is 16.0 Å². The minimum absolute atomic E-state index is 0.0168. The largest absolute Gasteiger partial charge is 0.416 e. The molecule has 0 aliphatic carbocycles. The number of aromatic amines is 1. The lowest BCUT2D eigenvalue weighted by molar-refractivity contribution is -0.137. The lowest BCUT2D eigenvalue weighted by Crippen LogP contribution is -2.31. The minimum atomic E-state index is -4.55. The molecule has 6 nitrogen and oxygen atoms in total. The number of fused-ring (bicyclic) bond motifs is 2. The van der Waals surface area contributed by atoms with Gasteiger partial charge in [-0.3, -0.25) is 4.90 Å². The zero-order valence-electron chi connectivity index (χ0n) is 20.2. The van der Waals surface area contributed by atoms with E-state index in [0.29, 0.717) is 11.5 Å². The van der Waals surface area contributed by atoms with E-state index in [1.807, 2.05) is 29.8 Å². The fourth-order valence-corrected chi connectivity index (χ4v) is 5.84. The number of carbonyl (C=O) groups is 1. The predicted octanol–water partition coefficient (Wildman–Crippen LogP) is 7.93. The van der Waals surface area contributed by atoms with Gasteiger partial charge in [0.15, 0.2) is 0 Å². The zero-order chi connectivity index (χ0) is 27.3. The average Bonchev–Trinajstić information content (AvgIpc) is 3.57. The second-order valence-corrected chi connectivity index (χ2v) is 9.84. The molecular weight excluding hydrogens is 523 g/mol. The highest BCUT2D eigenvalue weighted by Crippen LogP contribution is 2.43. The maximum absolute atomic E-state index is 13.2. The Morgan fingerprint density at radius 2 is 1.69 bits per heavy atom. The molecule has 39 heavy (non-hydrogen) atoms. The molecule has 0 bridgehead atoms. The first-order valence-electron chi connectivity index (χ1n) is 11.8. The van der Waals surface area contributed by atoms with Gasteiger partial charge in [-0.2, -0.15) is 13.2 Å². The molecule has 194 valence electrons. The number of anilines is 3. The first-order valence-corrected chi connectivity index (χ1v) is 12.7. The standard InChI is InChI=1S/C29H20F3N5OS/c30-29(31,32)19-2-1-3-21(13-19)37(28(34)38)20-8-6-16(7-9-20)23-15-39-26-22(14-36-27(33)25(23)26)18-5-4-17-10-11-35-24(17)12-18/h1-15,35H,(H2,33,36)(H2,34,38). The van der Waals surface area contributed by atoms with Gasteiger partial charge >= 0.3 is 12.2 Å². The van der Waals surface area contributed by atoms with Crippen molar-refractivity contribution in [3.63, 3.8) is 0 Å². The number of amides is 2. The summed E-state index contributed by atoms with van der Waals surface area (Å²) in [6.45, 7) is 0. The number of halogens is 3.